The number of nitrogens with one attached hydrogen (secondary N) is 1. The lowest BCUT2D eigenvalue weighted by atomic mass is 10.1. The van der Waals surface area contributed by atoms with Gasteiger partial charge in [-0.15, -0.1) is 0 Å². The molecule has 12 heteroatoms. The molecule has 1 aliphatic rings. The highest BCUT2D eigenvalue weighted by atomic mass is 32.2. The molecule has 2 aromatic heterocycles. The van der Waals surface area contributed by atoms with Gasteiger partial charge in [-0.05, 0) is 30.3 Å². The molecule has 8 nitrogen and oxygen atoms in total. The average Bonchev–Trinajstić information content (AvgIpc) is 2.98. The molecule has 0 unspecified atom stereocenters. The number of carbonyl (C=O) groups excluding carboxylic acids is 1. The van der Waals surface area contributed by atoms with Gasteiger partial charge in [0.05, 0.1) is 34.7 Å². The van der Waals surface area contributed by atoms with Crippen LogP contribution in [0.4, 0.5) is 13.2 Å². The van der Waals surface area contributed by atoms with Crippen LogP contribution in [0.5, 0.6) is 11.6 Å². The van der Waals surface area contributed by atoms with Crippen LogP contribution >= 0.6 is 0 Å². The second kappa shape index (κ2) is 8.02. The van der Waals surface area contributed by atoms with E-state index in [1.807, 2.05) is 0 Å². The Balaban J connectivity index is 1.48. The first-order valence-corrected chi connectivity index (χ1v) is 11.1. The molecule has 2 N–H and O–H groups in total. The fourth-order valence-corrected chi connectivity index (χ4v) is 4.97. The third-order valence-corrected chi connectivity index (χ3v) is 6.53. The maximum Gasteiger partial charge on any atom is 0.417 e. The van der Waals surface area contributed by atoms with E-state index in [2.05, 4.69) is 15.3 Å². The molecule has 2 atom stereocenters. The minimum absolute atomic E-state index is 0.0219. The normalized spacial score (nSPS) is 20.2. The zero-order valence-corrected chi connectivity index (χ0v) is 17.0. The fourth-order valence-electron chi connectivity index (χ4n) is 3.23. The lowest BCUT2D eigenvalue weighted by molar-refractivity contribution is -0.137. The third kappa shape index (κ3) is 4.81. The number of rotatable bonds is 4. The van der Waals surface area contributed by atoms with Gasteiger partial charge in [0.2, 0.25) is 5.88 Å². The van der Waals surface area contributed by atoms with E-state index < -0.39 is 45.4 Å². The van der Waals surface area contributed by atoms with Crippen LogP contribution in [-0.4, -0.2) is 53.1 Å². The number of ether oxygens (including phenoxy) is 1. The maximum atomic E-state index is 12.6. The van der Waals surface area contributed by atoms with Crippen molar-refractivity contribution in [2.24, 2.45) is 0 Å². The number of alkyl halides is 3. The Kier molecular flexibility index (Phi) is 5.51. The zero-order chi connectivity index (χ0) is 23.1. The monoisotopic (exact) mass is 467 g/mol. The lowest BCUT2D eigenvalue weighted by Gasteiger charge is -2.14. The molecular weight excluding hydrogens is 451 g/mol. The number of hydrogen-bond acceptors (Lipinski definition) is 7. The van der Waals surface area contributed by atoms with Crippen LogP contribution in [0, 0.1) is 0 Å². The number of aliphatic hydroxyl groups is 1. The van der Waals surface area contributed by atoms with Crippen molar-refractivity contribution in [2.75, 3.05) is 11.5 Å². The molecule has 1 aliphatic heterocycles. The van der Waals surface area contributed by atoms with Gasteiger partial charge in [-0.25, -0.2) is 18.4 Å². The second-order valence-corrected chi connectivity index (χ2v) is 9.41. The summed E-state index contributed by atoms with van der Waals surface area (Å²) in [6.45, 7) is 0. The molecule has 1 fully saturated rings. The minimum Gasteiger partial charge on any atom is -0.439 e. The van der Waals surface area contributed by atoms with E-state index in [9.17, 15) is 31.5 Å². The Hall–Kier alpha value is -3.25. The van der Waals surface area contributed by atoms with E-state index >= 15 is 0 Å². The number of hydrogen-bond donors (Lipinski definition) is 2. The number of nitrogens with zero attached hydrogens (tertiary/aromatic N) is 2. The highest BCUT2D eigenvalue weighted by Gasteiger charge is 2.37. The highest BCUT2D eigenvalue weighted by molar-refractivity contribution is 7.91. The van der Waals surface area contributed by atoms with Crippen LogP contribution in [0.2, 0.25) is 0 Å². The van der Waals surface area contributed by atoms with E-state index in [-0.39, 0.29) is 17.3 Å². The van der Waals surface area contributed by atoms with Crippen LogP contribution in [0.3, 0.4) is 0 Å². The molecule has 0 bridgehead atoms. The number of amides is 1. The van der Waals surface area contributed by atoms with Gasteiger partial charge in [0.1, 0.15) is 11.4 Å². The standard InChI is InChI=1S/C20H16F3N3O5S/c21-20(22,23)12-2-6-18(24-8-12)31-13-3-5-14-11(7-13)1-4-15(25-14)19(28)26-16-9-32(29,30)10-17(16)27/h1-8,16-17,27H,9-10H2,(H,26,28)/t16-,17-/m1/s1. The summed E-state index contributed by atoms with van der Waals surface area (Å²) >= 11 is 0. The van der Waals surface area contributed by atoms with Gasteiger partial charge in [0, 0.05) is 17.6 Å². The smallest absolute Gasteiger partial charge is 0.417 e. The molecule has 1 saturated heterocycles. The van der Waals surface area contributed by atoms with Crippen molar-refractivity contribution in [3.05, 3.63) is 59.9 Å². The molecule has 4 rings (SSSR count). The molecule has 168 valence electrons. The third-order valence-electron chi connectivity index (χ3n) is 4.82. The summed E-state index contributed by atoms with van der Waals surface area (Å²) < 4.78 is 66.5. The van der Waals surface area contributed by atoms with Crippen LogP contribution in [-0.2, 0) is 16.0 Å². The number of carbonyl (C=O) groups is 1. The number of aromatic nitrogens is 2. The number of aliphatic hydroxyl groups excluding tert-OH is 1. The van der Waals surface area contributed by atoms with Crippen molar-refractivity contribution >= 4 is 26.6 Å². The summed E-state index contributed by atoms with van der Waals surface area (Å²) in [4.78, 5) is 20.3. The molecular formula is C20H16F3N3O5S. The molecule has 1 amide bonds. The van der Waals surface area contributed by atoms with Crippen molar-refractivity contribution < 1.29 is 36.2 Å². The van der Waals surface area contributed by atoms with Crippen LogP contribution < -0.4 is 10.1 Å². The molecule has 3 aromatic rings. The lowest BCUT2D eigenvalue weighted by Crippen LogP contribution is -2.42. The molecule has 3 heterocycles. The summed E-state index contributed by atoms with van der Waals surface area (Å²) in [6.07, 6.45) is -4.99. The quantitative estimate of drug-likeness (QED) is 0.605. The summed E-state index contributed by atoms with van der Waals surface area (Å²) in [5.41, 5.74) is -0.418. The molecule has 32 heavy (non-hydrogen) atoms. The van der Waals surface area contributed by atoms with Crippen molar-refractivity contribution in [1.29, 1.82) is 0 Å². The summed E-state index contributed by atoms with van der Waals surface area (Å²) in [5, 5.41) is 12.9. The van der Waals surface area contributed by atoms with Crippen molar-refractivity contribution in [2.45, 2.75) is 18.3 Å². The van der Waals surface area contributed by atoms with Gasteiger partial charge < -0.3 is 15.2 Å². The van der Waals surface area contributed by atoms with Gasteiger partial charge in [0.15, 0.2) is 9.84 Å². The van der Waals surface area contributed by atoms with Gasteiger partial charge in [-0.1, -0.05) is 6.07 Å². The Morgan fingerprint density at radius 3 is 2.53 bits per heavy atom. The maximum absolute atomic E-state index is 12.6. The van der Waals surface area contributed by atoms with Gasteiger partial charge in [-0.2, -0.15) is 13.2 Å². The predicted octanol–water partition coefficient (Wildman–Crippen LogP) is 2.33. The number of fused-ring (bicyclic) bond motifs is 1. The van der Waals surface area contributed by atoms with E-state index in [0.29, 0.717) is 22.8 Å². The van der Waals surface area contributed by atoms with Gasteiger partial charge in [0.25, 0.3) is 5.91 Å². The first-order chi connectivity index (χ1) is 15.0. The predicted molar refractivity (Wildman–Crippen MR) is 107 cm³/mol. The van der Waals surface area contributed by atoms with Crippen LogP contribution in [0.25, 0.3) is 10.9 Å². The Labute approximate surface area is 180 Å². The van der Waals surface area contributed by atoms with E-state index in [1.165, 1.54) is 12.1 Å². The SMILES string of the molecule is O=C(N[C@@H]1CS(=O)(=O)C[C@H]1O)c1ccc2cc(Oc3ccc(C(F)(F)F)cn3)ccc2n1. The van der Waals surface area contributed by atoms with Gasteiger partial charge in [-0.3, -0.25) is 4.79 Å². The number of halogens is 3. The minimum atomic E-state index is -4.49. The van der Waals surface area contributed by atoms with Crippen molar-refractivity contribution in [3.8, 4) is 11.6 Å². The fraction of sp³-hybridized carbons (Fsp3) is 0.250. The Bertz CT molecular complexity index is 1280. The second-order valence-electron chi connectivity index (χ2n) is 7.26. The highest BCUT2D eigenvalue weighted by Crippen LogP contribution is 2.30. The van der Waals surface area contributed by atoms with E-state index in [0.717, 1.165) is 12.1 Å². The molecule has 1 aromatic carbocycles. The largest absolute Gasteiger partial charge is 0.439 e. The molecule has 0 saturated carbocycles. The number of pyridine rings is 2. The molecule has 0 radical (unpaired) electrons. The Morgan fingerprint density at radius 1 is 1.12 bits per heavy atom. The summed E-state index contributed by atoms with van der Waals surface area (Å²) in [7, 11) is -3.41. The zero-order valence-electron chi connectivity index (χ0n) is 16.2. The van der Waals surface area contributed by atoms with Crippen molar-refractivity contribution in [3.63, 3.8) is 0 Å². The van der Waals surface area contributed by atoms with E-state index in [1.54, 1.807) is 18.2 Å². The first kappa shape index (κ1) is 22.0. The Morgan fingerprint density at radius 2 is 1.91 bits per heavy atom. The van der Waals surface area contributed by atoms with Crippen LogP contribution in [0.1, 0.15) is 16.1 Å². The molecule has 0 aliphatic carbocycles. The average molecular weight is 467 g/mol. The van der Waals surface area contributed by atoms with Crippen LogP contribution in [0.15, 0.2) is 48.7 Å². The summed E-state index contributed by atoms with van der Waals surface area (Å²) in [5.74, 6) is -1.08. The topological polar surface area (TPSA) is 118 Å². The molecule has 0 spiro atoms. The first-order valence-electron chi connectivity index (χ1n) is 9.31. The number of benzene rings is 1. The van der Waals surface area contributed by atoms with Crippen molar-refractivity contribution in [1.82, 2.24) is 15.3 Å². The van der Waals surface area contributed by atoms with Gasteiger partial charge >= 0.3 is 6.18 Å². The summed E-state index contributed by atoms with van der Waals surface area (Å²) in [6, 6.07) is 8.73. The number of sulfone groups is 1. The van der Waals surface area contributed by atoms with E-state index in [4.69, 9.17) is 4.74 Å².